The molecule has 0 fully saturated rings. The number of hydrogen-bond acceptors (Lipinski definition) is 7. The first-order valence-corrected chi connectivity index (χ1v) is 10.8. The fourth-order valence-corrected chi connectivity index (χ4v) is 4.60. The minimum Gasteiger partial charge on any atom is -0.449 e. The molecule has 2 heterocycles. The number of hydrogen-bond donors (Lipinski definition) is 3. The molecule has 0 spiro atoms. The van der Waals surface area contributed by atoms with Gasteiger partial charge in [-0.25, -0.2) is 4.79 Å². The lowest BCUT2D eigenvalue weighted by molar-refractivity contribution is -0.111. The molecule has 162 valence electrons. The molecule has 2 unspecified atom stereocenters. The van der Waals surface area contributed by atoms with Crippen LogP contribution < -0.4 is 10.6 Å². The number of pyridine rings is 1. The first-order chi connectivity index (χ1) is 15.0. The lowest BCUT2D eigenvalue weighted by atomic mass is 9.88. The topological polar surface area (TPSA) is 124 Å². The Morgan fingerprint density at radius 1 is 1.52 bits per heavy atom. The third-order valence-corrected chi connectivity index (χ3v) is 6.09. The van der Waals surface area contributed by atoms with E-state index in [2.05, 4.69) is 21.7 Å². The van der Waals surface area contributed by atoms with Gasteiger partial charge in [-0.15, -0.1) is 11.3 Å². The van der Waals surface area contributed by atoms with Crippen LogP contribution in [0.25, 0.3) is 6.08 Å². The van der Waals surface area contributed by atoms with Crippen molar-refractivity contribution in [1.82, 2.24) is 10.3 Å². The van der Waals surface area contributed by atoms with Crippen molar-refractivity contribution in [3.63, 3.8) is 0 Å². The predicted molar refractivity (Wildman–Crippen MR) is 117 cm³/mol. The molecule has 8 nitrogen and oxygen atoms in total. The number of carbonyl (C=O) groups excluding carboxylic acids is 2. The van der Waals surface area contributed by atoms with Crippen LogP contribution in [-0.4, -0.2) is 41.3 Å². The molecule has 2 amide bonds. The maximum atomic E-state index is 12.3. The van der Waals surface area contributed by atoms with Gasteiger partial charge < -0.3 is 20.5 Å². The Bertz CT molecular complexity index is 997. The number of carbonyl (C=O) groups is 2. The highest BCUT2D eigenvalue weighted by atomic mass is 32.1. The molecule has 31 heavy (non-hydrogen) atoms. The monoisotopic (exact) mass is 440 g/mol. The molecule has 2 aromatic heterocycles. The van der Waals surface area contributed by atoms with E-state index >= 15 is 0 Å². The molecule has 1 aliphatic carbocycles. The number of thiophene rings is 1. The van der Waals surface area contributed by atoms with Crippen LogP contribution in [0.2, 0.25) is 0 Å². The van der Waals surface area contributed by atoms with Crippen molar-refractivity contribution in [2.75, 3.05) is 18.5 Å². The number of rotatable bonds is 7. The number of amides is 2. The van der Waals surface area contributed by atoms with Crippen LogP contribution in [-0.2, 0) is 22.4 Å². The number of anilines is 1. The number of nitrogens with zero attached hydrogens (tertiary/aromatic N) is 2. The lowest BCUT2D eigenvalue weighted by Gasteiger charge is -2.22. The summed E-state index contributed by atoms with van der Waals surface area (Å²) >= 11 is 1.40. The highest BCUT2D eigenvalue weighted by Crippen LogP contribution is 2.39. The van der Waals surface area contributed by atoms with E-state index in [0.717, 1.165) is 22.4 Å². The standard InChI is InChI=1S/C22H24N4O4S/c1-14(12-27)25-22(29)30-13-16-4-6-17-18(10-23)21(31-19(17)9-16)26-20(28)7-5-15-3-2-8-24-11-15/h2-3,5,7-8,11,14,16,27H,4,6,9,12-13H2,1H3,(H,25,29)(H,26,28). The fraction of sp³-hybridized carbons (Fsp3) is 0.364. The van der Waals surface area contributed by atoms with Gasteiger partial charge in [0.1, 0.15) is 11.1 Å². The summed E-state index contributed by atoms with van der Waals surface area (Å²) in [6, 6.07) is 5.49. The van der Waals surface area contributed by atoms with Gasteiger partial charge in [0.05, 0.1) is 24.8 Å². The van der Waals surface area contributed by atoms with E-state index in [1.54, 1.807) is 31.5 Å². The van der Waals surface area contributed by atoms with Gasteiger partial charge in [0.2, 0.25) is 5.91 Å². The Morgan fingerprint density at radius 3 is 3.06 bits per heavy atom. The largest absolute Gasteiger partial charge is 0.449 e. The first kappa shape index (κ1) is 22.5. The summed E-state index contributed by atoms with van der Waals surface area (Å²) in [6.07, 6.45) is 8.00. The minimum absolute atomic E-state index is 0.141. The number of nitriles is 1. The number of aromatic nitrogens is 1. The molecule has 0 aliphatic heterocycles. The van der Waals surface area contributed by atoms with Crippen molar-refractivity contribution in [1.29, 1.82) is 5.26 Å². The highest BCUT2D eigenvalue weighted by Gasteiger charge is 2.27. The van der Waals surface area contributed by atoms with Crippen LogP contribution in [0.5, 0.6) is 0 Å². The minimum atomic E-state index is -0.551. The first-order valence-electron chi connectivity index (χ1n) is 9.98. The third kappa shape index (κ3) is 6.13. The third-order valence-electron chi connectivity index (χ3n) is 4.92. The molecule has 0 aromatic carbocycles. The zero-order valence-electron chi connectivity index (χ0n) is 17.1. The molecule has 9 heteroatoms. The molecule has 0 saturated heterocycles. The molecule has 0 saturated carbocycles. The van der Waals surface area contributed by atoms with E-state index in [-0.39, 0.29) is 31.1 Å². The van der Waals surface area contributed by atoms with Gasteiger partial charge in [-0.3, -0.25) is 9.78 Å². The van der Waals surface area contributed by atoms with Gasteiger partial charge in [0.15, 0.2) is 0 Å². The van der Waals surface area contributed by atoms with Crippen molar-refractivity contribution in [3.05, 3.63) is 52.2 Å². The molecule has 2 aromatic rings. The van der Waals surface area contributed by atoms with Crippen LogP contribution >= 0.6 is 11.3 Å². The highest BCUT2D eigenvalue weighted by molar-refractivity contribution is 7.16. The summed E-state index contributed by atoms with van der Waals surface area (Å²) in [6.45, 7) is 1.80. The predicted octanol–water partition coefficient (Wildman–Crippen LogP) is 2.88. The average molecular weight is 441 g/mol. The smallest absolute Gasteiger partial charge is 0.407 e. The van der Waals surface area contributed by atoms with Gasteiger partial charge in [-0.05, 0) is 55.4 Å². The second-order valence-corrected chi connectivity index (χ2v) is 8.47. The molecular formula is C22H24N4O4S. The van der Waals surface area contributed by atoms with Gasteiger partial charge in [-0.1, -0.05) is 6.07 Å². The van der Waals surface area contributed by atoms with Crippen LogP contribution in [0, 0.1) is 17.2 Å². The van der Waals surface area contributed by atoms with Crippen molar-refractivity contribution in [3.8, 4) is 6.07 Å². The summed E-state index contributed by atoms with van der Waals surface area (Å²) < 4.78 is 5.27. The van der Waals surface area contributed by atoms with Crippen LogP contribution in [0.4, 0.5) is 9.80 Å². The lowest BCUT2D eigenvalue weighted by Crippen LogP contribution is -2.36. The van der Waals surface area contributed by atoms with E-state index in [9.17, 15) is 14.9 Å². The number of fused-ring (bicyclic) bond motifs is 1. The van der Waals surface area contributed by atoms with Crippen molar-refractivity contribution < 1.29 is 19.4 Å². The molecular weight excluding hydrogens is 416 g/mol. The Kier molecular flexibility index (Phi) is 7.76. The summed E-state index contributed by atoms with van der Waals surface area (Å²) in [5.74, 6) is -0.171. The number of alkyl carbamates (subject to hydrolysis) is 1. The van der Waals surface area contributed by atoms with E-state index in [1.165, 1.54) is 17.4 Å². The number of ether oxygens (including phenoxy) is 1. The Morgan fingerprint density at radius 2 is 2.35 bits per heavy atom. The fourth-order valence-electron chi connectivity index (χ4n) is 3.28. The maximum Gasteiger partial charge on any atom is 0.407 e. The zero-order valence-corrected chi connectivity index (χ0v) is 17.9. The summed E-state index contributed by atoms with van der Waals surface area (Å²) in [4.78, 5) is 29.1. The summed E-state index contributed by atoms with van der Waals surface area (Å²) in [5, 5.41) is 24.5. The number of aliphatic hydroxyl groups excluding tert-OH is 1. The summed E-state index contributed by atoms with van der Waals surface area (Å²) in [5.41, 5.74) is 2.29. The van der Waals surface area contributed by atoms with Crippen molar-refractivity contribution in [2.24, 2.45) is 5.92 Å². The Balaban J connectivity index is 1.61. The molecule has 2 atom stereocenters. The summed E-state index contributed by atoms with van der Waals surface area (Å²) in [7, 11) is 0. The number of nitrogens with one attached hydrogen (secondary N) is 2. The normalized spacial score (nSPS) is 16.2. The van der Waals surface area contributed by atoms with E-state index in [0.29, 0.717) is 23.4 Å². The molecule has 0 radical (unpaired) electrons. The molecule has 3 N–H and O–H groups in total. The van der Waals surface area contributed by atoms with Gasteiger partial charge >= 0.3 is 6.09 Å². The molecule has 0 bridgehead atoms. The Hall–Kier alpha value is -3.22. The van der Waals surface area contributed by atoms with E-state index in [1.807, 2.05) is 6.07 Å². The van der Waals surface area contributed by atoms with Crippen LogP contribution in [0.3, 0.4) is 0 Å². The van der Waals surface area contributed by atoms with Crippen LogP contribution in [0.1, 0.15) is 34.9 Å². The Labute approximate surface area is 184 Å². The van der Waals surface area contributed by atoms with Gasteiger partial charge in [-0.2, -0.15) is 5.26 Å². The van der Waals surface area contributed by atoms with E-state index < -0.39 is 6.09 Å². The average Bonchev–Trinajstić information content (AvgIpc) is 3.12. The van der Waals surface area contributed by atoms with Crippen molar-refractivity contribution >= 4 is 34.4 Å². The van der Waals surface area contributed by atoms with Crippen molar-refractivity contribution in [2.45, 2.75) is 32.2 Å². The SMILES string of the molecule is CC(CO)NC(=O)OCC1CCc2c(sc(NC(=O)C=Cc3cccnc3)c2C#N)C1. The maximum absolute atomic E-state index is 12.3. The number of aliphatic hydroxyl groups is 1. The van der Waals surface area contributed by atoms with Crippen LogP contribution in [0.15, 0.2) is 30.6 Å². The van der Waals surface area contributed by atoms with E-state index in [4.69, 9.17) is 9.84 Å². The molecule has 1 aliphatic rings. The zero-order chi connectivity index (χ0) is 22.2. The second kappa shape index (κ2) is 10.7. The van der Waals surface area contributed by atoms with Gasteiger partial charge in [0, 0.05) is 23.3 Å². The molecule has 3 rings (SSSR count). The second-order valence-electron chi connectivity index (χ2n) is 7.36. The van der Waals surface area contributed by atoms with Gasteiger partial charge in [0.25, 0.3) is 0 Å². The quantitative estimate of drug-likeness (QED) is 0.569.